The molecule has 1 heterocycles. The number of hydrogen-bond donors (Lipinski definition) is 0. The Kier molecular flexibility index (Phi) is 5.58. The zero-order valence-electron chi connectivity index (χ0n) is 26.9. The molecule has 228 valence electrons. The van der Waals surface area contributed by atoms with Crippen LogP contribution in [-0.4, -0.2) is 0 Å². The molecular formula is C46H33NO. The summed E-state index contributed by atoms with van der Waals surface area (Å²) >= 11 is 0. The lowest BCUT2D eigenvalue weighted by Gasteiger charge is -2.46. The van der Waals surface area contributed by atoms with Crippen molar-refractivity contribution in [3.63, 3.8) is 0 Å². The van der Waals surface area contributed by atoms with Gasteiger partial charge in [0.15, 0.2) is 0 Å². The third-order valence-electron chi connectivity index (χ3n) is 10.9. The van der Waals surface area contributed by atoms with Gasteiger partial charge in [0.05, 0.1) is 11.1 Å². The molecule has 8 aromatic rings. The van der Waals surface area contributed by atoms with Gasteiger partial charge in [-0.15, -0.1) is 0 Å². The van der Waals surface area contributed by atoms with Crippen LogP contribution in [0.2, 0.25) is 0 Å². The van der Waals surface area contributed by atoms with Crippen LogP contribution in [0.4, 0.5) is 17.1 Å². The van der Waals surface area contributed by atoms with Crippen molar-refractivity contribution >= 4 is 39.0 Å². The molecule has 0 fully saturated rings. The van der Waals surface area contributed by atoms with Crippen molar-refractivity contribution in [2.24, 2.45) is 0 Å². The minimum absolute atomic E-state index is 0.132. The van der Waals surface area contributed by atoms with Crippen LogP contribution in [0.1, 0.15) is 47.2 Å². The van der Waals surface area contributed by atoms with E-state index in [9.17, 15) is 0 Å². The van der Waals surface area contributed by atoms with Crippen molar-refractivity contribution in [3.05, 3.63) is 197 Å². The molecule has 0 saturated carbocycles. The second-order valence-corrected chi connectivity index (χ2v) is 13.7. The van der Waals surface area contributed by atoms with Crippen LogP contribution in [-0.2, 0) is 10.8 Å². The Morgan fingerprint density at radius 3 is 1.77 bits per heavy atom. The Labute approximate surface area is 280 Å². The Bertz CT molecular complexity index is 2500. The third kappa shape index (κ3) is 3.47. The van der Waals surface area contributed by atoms with E-state index in [1.54, 1.807) is 0 Å². The summed E-state index contributed by atoms with van der Waals surface area (Å²) in [5.41, 5.74) is 15.3. The van der Waals surface area contributed by atoms with Crippen molar-refractivity contribution in [2.75, 3.05) is 4.90 Å². The van der Waals surface area contributed by atoms with Gasteiger partial charge in [-0.05, 0) is 81.4 Å². The quantitative estimate of drug-likeness (QED) is 0.197. The summed E-state index contributed by atoms with van der Waals surface area (Å²) in [6.07, 6.45) is 0. The van der Waals surface area contributed by atoms with Gasteiger partial charge < -0.3 is 9.32 Å². The summed E-state index contributed by atoms with van der Waals surface area (Å²) in [6, 6.07) is 60.0. The molecule has 0 bridgehead atoms. The maximum Gasteiger partial charge on any atom is 0.135 e. The lowest BCUT2D eigenvalue weighted by Crippen LogP contribution is -2.40. The number of para-hydroxylation sites is 2. The van der Waals surface area contributed by atoms with Gasteiger partial charge in [0.2, 0.25) is 0 Å². The number of benzene rings is 7. The maximum atomic E-state index is 6.26. The van der Waals surface area contributed by atoms with Crippen LogP contribution in [0.15, 0.2) is 168 Å². The molecule has 1 aromatic heterocycles. The number of hydrogen-bond acceptors (Lipinski definition) is 2. The molecule has 0 atom stereocenters. The summed E-state index contributed by atoms with van der Waals surface area (Å²) < 4.78 is 6.26. The molecule has 10 rings (SSSR count). The summed E-state index contributed by atoms with van der Waals surface area (Å²) in [6.45, 7) is 4.76. The van der Waals surface area contributed by atoms with E-state index in [0.29, 0.717) is 0 Å². The highest BCUT2D eigenvalue weighted by molar-refractivity contribution is 6.07. The van der Waals surface area contributed by atoms with Gasteiger partial charge >= 0.3 is 0 Å². The van der Waals surface area contributed by atoms with Crippen LogP contribution in [0.25, 0.3) is 33.1 Å². The molecule has 0 unspecified atom stereocenters. The van der Waals surface area contributed by atoms with E-state index in [-0.39, 0.29) is 5.41 Å². The number of nitrogens with zero attached hydrogens (tertiary/aromatic N) is 1. The molecule has 0 radical (unpaired) electrons. The van der Waals surface area contributed by atoms with Gasteiger partial charge in [0.25, 0.3) is 0 Å². The van der Waals surface area contributed by atoms with Gasteiger partial charge in [-0.3, -0.25) is 0 Å². The van der Waals surface area contributed by atoms with Crippen LogP contribution in [0.5, 0.6) is 0 Å². The lowest BCUT2D eigenvalue weighted by atomic mass is 9.55. The number of furan rings is 1. The normalized spacial score (nSPS) is 14.8. The molecule has 2 aliphatic rings. The highest BCUT2D eigenvalue weighted by Gasteiger charge is 2.53. The predicted molar refractivity (Wildman–Crippen MR) is 198 cm³/mol. The van der Waals surface area contributed by atoms with E-state index in [1.165, 1.54) is 44.5 Å². The Morgan fingerprint density at radius 1 is 0.438 bits per heavy atom. The molecule has 0 aliphatic heterocycles. The largest absolute Gasteiger partial charge is 0.456 e. The van der Waals surface area contributed by atoms with Gasteiger partial charge in [-0.25, -0.2) is 0 Å². The van der Waals surface area contributed by atoms with Gasteiger partial charge in [0.1, 0.15) is 11.2 Å². The average Bonchev–Trinajstić information content (AvgIpc) is 3.66. The van der Waals surface area contributed by atoms with Crippen molar-refractivity contribution in [2.45, 2.75) is 24.7 Å². The fourth-order valence-electron chi connectivity index (χ4n) is 8.93. The monoisotopic (exact) mass is 615 g/mol. The maximum absolute atomic E-state index is 6.26. The van der Waals surface area contributed by atoms with Crippen LogP contribution in [0.3, 0.4) is 0 Å². The molecule has 0 amide bonds. The number of fused-ring (bicyclic) bond motifs is 12. The molecule has 0 N–H and O–H groups in total. The highest BCUT2D eigenvalue weighted by atomic mass is 16.3. The lowest BCUT2D eigenvalue weighted by molar-refractivity contribution is 0.563. The molecule has 2 nitrogen and oxygen atoms in total. The van der Waals surface area contributed by atoms with Gasteiger partial charge in [-0.2, -0.15) is 0 Å². The molecule has 0 saturated heterocycles. The van der Waals surface area contributed by atoms with Crippen molar-refractivity contribution < 1.29 is 4.42 Å². The molecule has 1 spiro atoms. The predicted octanol–water partition coefficient (Wildman–Crippen LogP) is 12.1. The van der Waals surface area contributed by atoms with E-state index in [0.717, 1.165) is 39.0 Å². The van der Waals surface area contributed by atoms with Crippen LogP contribution < -0.4 is 4.90 Å². The zero-order chi connectivity index (χ0) is 32.0. The Balaban J connectivity index is 1.31. The first-order valence-corrected chi connectivity index (χ1v) is 16.8. The minimum Gasteiger partial charge on any atom is -0.456 e. The second-order valence-electron chi connectivity index (χ2n) is 13.7. The summed E-state index contributed by atoms with van der Waals surface area (Å²) in [5.74, 6) is 0. The molecule has 7 aromatic carbocycles. The van der Waals surface area contributed by atoms with E-state index < -0.39 is 5.41 Å². The van der Waals surface area contributed by atoms with E-state index >= 15 is 0 Å². The average molecular weight is 616 g/mol. The fraction of sp³-hybridized carbons (Fsp3) is 0.0870. The molecule has 48 heavy (non-hydrogen) atoms. The summed E-state index contributed by atoms with van der Waals surface area (Å²) in [7, 11) is 0. The second kappa shape index (κ2) is 9.82. The summed E-state index contributed by atoms with van der Waals surface area (Å²) in [4.78, 5) is 2.43. The SMILES string of the molecule is CC1(C)c2ccccc2C2(c3ccccc3-c3c(N(c4ccccc4)c4ccc5oc6ccccc6c5c4)cccc32)c2ccccc21. The zero-order valence-corrected chi connectivity index (χ0v) is 26.9. The Morgan fingerprint density at radius 2 is 1.02 bits per heavy atom. The fourth-order valence-corrected chi connectivity index (χ4v) is 8.93. The van der Waals surface area contributed by atoms with Crippen molar-refractivity contribution in [1.29, 1.82) is 0 Å². The third-order valence-corrected chi connectivity index (χ3v) is 10.9. The topological polar surface area (TPSA) is 16.4 Å². The van der Waals surface area contributed by atoms with Crippen LogP contribution >= 0.6 is 0 Å². The van der Waals surface area contributed by atoms with E-state index in [2.05, 4.69) is 170 Å². The smallest absolute Gasteiger partial charge is 0.135 e. The van der Waals surface area contributed by atoms with Gasteiger partial charge in [-0.1, -0.05) is 135 Å². The van der Waals surface area contributed by atoms with Crippen molar-refractivity contribution in [1.82, 2.24) is 0 Å². The first kappa shape index (κ1) is 27.3. The Hall–Kier alpha value is -5.86. The standard InChI is InChI=1S/C46H33NO/c1-45(2)36-20-9-11-22-38(36)46(39-23-12-10-21-37(39)45)35-19-8-6-18-33(35)44-40(46)24-14-25-41(44)47(30-15-4-3-5-16-30)31-27-28-43-34(29-31)32-17-7-13-26-42(32)48-43/h3-29H,1-2H3. The molecular weight excluding hydrogens is 583 g/mol. The number of anilines is 3. The van der Waals surface area contributed by atoms with Crippen LogP contribution in [0, 0.1) is 0 Å². The minimum atomic E-state index is -0.447. The van der Waals surface area contributed by atoms with Crippen molar-refractivity contribution in [3.8, 4) is 11.1 Å². The first-order chi connectivity index (χ1) is 23.6. The summed E-state index contributed by atoms with van der Waals surface area (Å²) in [5, 5.41) is 2.24. The van der Waals surface area contributed by atoms with Gasteiger partial charge in [0, 0.05) is 33.1 Å². The molecule has 2 heteroatoms. The van der Waals surface area contributed by atoms with E-state index in [4.69, 9.17) is 4.42 Å². The van der Waals surface area contributed by atoms with E-state index in [1.807, 2.05) is 12.1 Å². The number of rotatable bonds is 3. The highest BCUT2D eigenvalue weighted by Crippen LogP contribution is 2.64. The first-order valence-electron chi connectivity index (χ1n) is 16.8. The molecule has 2 aliphatic carbocycles.